The molecule has 0 bridgehead atoms. The Morgan fingerprint density at radius 2 is 0.528 bits per heavy atom. The normalized spacial score (nSPS) is 13.0. The molecule has 12 aromatic rings. The van der Waals surface area contributed by atoms with Gasteiger partial charge in [0.25, 0.3) is 0 Å². The molecule has 0 amide bonds. The molecule has 12 rings (SSSR count). The average Bonchev–Trinajstić information content (AvgIpc) is 0.742. The Bertz CT molecular complexity index is 5970. The van der Waals surface area contributed by atoms with Crippen molar-refractivity contribution in [2.24, 2.45) is 0 Å². The van der Waals surface area contributed by atoms with Gasteiger partial charge in [0.05, 0.1) is 62.5 Å². The monoisotopic (exact) mass is 1900 g/mol. The van der Waals surface area contributed by atoms with Gasteiger partial charge in [0, 0.05) is 6.42 Å². The van der Waals surface area contributed by atoms with Crippen molar-refractivity contribution < 1.29 is 137 Å². The summed E-state index contributed by atoms with van der Waals surface area (Å²) in [5.41, 5.74) is 0. The van der Waals surface area contributed by atoms with Crippen molar-refractivity contribution in [2.45, 2.75) is 104 Å². The largest absolute Gasteiger partial charge is 0.745 e. The minimum atomic E-state index is -6.75. The third-order valence-corrected chi connectivity index (χ3v) is 32.1. The van der Waals surface area contributed by atoms with Gasteiger partial charge in [-0.2, -0.15) is 39.5 Å². The lowest BCUT2D eigenvalue weighted by Crippen LogP contribution is -2.56. The van der Waals surface area contributed by atoms with Crippen LogP contribution < -0.4 is 18.9 Å². The molecule has 0 radical (unpaired) electrons. The first-order valence-corrected chi connectivity index (χ1v) is 48.1. The van der Waals surface area contributed by atoms with Gasteiger partial charge in [-0.05, 0) is 201 Å². The number of carbonyl (C=O) groups excluding carboxylic acids is 2. The summed E-state index contributed by atoms with van der Waals surface area (Å²) in [5, 5.41) is -15.9. The van der Waals surface area contributed by atoms with Crippen molar-refractivity contribution in [3.05, 3.63) is 340 Å². The van der Waals surface area contributed by atoms with Gasteiger partial charge in [0.1, 0.15) is 23.0 Å². The van der Waals surface area contributed by atoms with Crippen LogP contribution in [-0.2, 0) is 103 Å². The smallest absolute Gasteiger partial charge is 0.447 e. The summed E-state index contributed by atoms with van der Waals surface area (Å²) in [4.78, 5) is 35.0. The van der Waals surface area contributed by atoms with Crippen molar-refractivity contribution >= 4 is 106 Å². The van der Waals surface area contributed by atoms with Crippen LogP contribution in [0.25, 0.3) is 0 Å². The van der Waals surface area contributed by atoms with E-state index in [1.807, 2.05) is 267 Å². The van der Waals surface area contributed by atoms with Crippen molar-refractivity contribution in [1.29, 1.82) is 0 Å². The molecule has 0 spiro atoms. The van der Waals surface area contributed by atoms with Crippen LogP contribution in [-0.4, -0.2) is 124 Å². The maximum absolute atomic E-state index is 14.0. The van der Waals surface area contributed by atoms with Crippen molar-refractivity contribution in [3.8, 4) is 23.0 Å². The zero-order valence-corrected chi connectivity index (χ0v) is 71.3. The lowest BCUT2D eigenvalue weighted by Gasteiger charge is -2.27. The highest BCUT2D eigenvalue weighted by molar-refractivity contribution is 8.07. The van der Waals surface area contributed by atoms with Gasteiger partial charge >= 0.3 is 38.2 Å². The van der Waals surface area contributed by atoms with Gasteiger partial charge in [-0.1, -0.05) is 146 Å². The van der Waals surface area contributed by atoms with Gasteiger partial charge in [0.2, 0.25) is 9.84 Å². The summed E-state index contributed by atoms with van der Waals surface area (Å²) in [5.74, 6) is -6.67. The molecule has 0 saturated carbocycles. The number of halogens is 11. The number of carbonyl (C=O) groups is 2. The van der Waals surface area contributed by atoms with Gasteiger partial charge in [0.15, 0.2) is 105 Å². The van der Waals surface area contributed by atoms with Crippen molar-refractivity contribution in [3.63, 3.8) is 0 Å². The molecule has 0 N–H and O–H groups in total. The quantitative estimate of drug-likeness (QED) is 0.00972. The lowest BCUT2D eigenvalue weighted by molar-refractivity contribution is -0.209. The third-order valence-electron chi connectivity index (χ3n) is 16.8. The Kier molecular flexibility index (Phi) is 33.5. The molecule has 125 heavy (non-hydrogen) atoms. The molecule has 0 heterocycles. The minimum absolute atomic E-state index is 0.253. The van der Waals surface area contributed by atoms with E-state index in [1.54, 1.807) is 36.4 Å². The predicted octanol–water partition coefficient (Wildman–Crippen LogP) is 17.4. The number of esters is 2. The first-order chi connectivity index (χ1) is 58.9. The Morgan fingerprint density at radius 1 is 0.296 bits per heavy atom. The highest BCUT2D eigenvalue weighted by atomic mass is 32.3. The first-order valence-electron chi connectivity index (χ1n) is 35.9. The molecule has 0 saturated heterocycles. The average molecular weight is 1910 g/mol. The number of rotatable bonds is 31. The number of hydrogen-bond acceptors (Lipinski definition) is 20. The van der Waals surface area contributed by atoms with Crippen LogP contribution in [0.2, 0.25) is 0 Å². The van der Waals surface area contributed by atoms with Gasteiger partial charge in [-0.25, -0.2) is 60.5 Å². The molecule has 0 aliphatic carbocycles. The summed E-state index contributed by atoms with van der Waals surface area (Å²) in [6.45, 7) is -0.759. The molecule has 20 nitrogen and oxygen atoms in total. The zero-order valence-electron chi connectivity index (χ0n) is 63.9. The summed E-state index contributed by atoms with van der Waals surface area (Å²) >= 11 is 0. The second kappa shape index (κ2) is 42.6. The van der Waals surface area contributed by atoms with E-state index in [0.29, 0.717) is 16.4 Å². The van der Waals surface area contributed by atoms with Crippen LogP contribution in [0.15, 0.2) is 398 Å². The minimum Gasteiger partial charge on any atom is -0.745 e. The van der Waals surface area contributed by atoms with E-state index in [-0.39, 0.29) is 34.1 Å². The molecule has 12 aromatic carbocycles. The lowest BCUT2D eigenvalue weighted by atomic mass is 10.3. The molecular formula is C85H67F11O20S9. The standard InChI is InChI=1S/C22H19F3O4S2.C22H20F2O6S3.C21H14F4O5S2.C20H14F2O5S2/c23-21(22(24,25)31(26,27)28)15-16-29-17-11-13-20(14-12-17)30(18-7-3-1-4-8-18)19-9-5-2-6-10-19;23-22(24,33(27,28)29)32(25,26)17-7-16-30-18-12-14-21(15-13-18)31(19-8-3-1-4-9-19)20-10-5-2-6-11-20;22-20(21(23,24)25,32(27,28)29)19(26)30-15-11-13-18(14-12-15)31(16-7-3-1-4-8-16)17-9-5-2-6-10-17;21-20(22,29(24,25)26)19(23)27-15-11-13-18(14-12-15)28(16-7-3-1-4-8-16)17-9-5-2-6-10-17/h1-14,21H,15-16H2;1-6,8-15H,7,16-17H2;1-14H;1-14H. The number of hydrogen-bond donors (Lipinski definition) is 0. The number of ether oxygens (including phenoxy) is 4. The third kappa shape index (κ3) is 25.4. The van der Waals surface area contributed by atoms with Gasteiger partial charge in [-0.15, -0.1) is 0 Å². The molecule has 2 unspecified atom stereocenters. The van der Waals surface area contributed by atoms with Crippen LogP contribution in [0.4, 0.5) is 48.3 Å². The molecule has 0 aliphatic heterocycles. The Hall–Kier alpha value is -10.6. The van der Waals surface area contributed by atoms with E-state index >= 15 is 0 Å². The summed E-state index contributed by atoms with van der Waals surface area (Å²) < 4.78 is 310. The van der Waals surface area contributed by atoms with Crippen LogP contribution in [0.5, 0.6) is 23.0 Å². The number of benzene rings is 12. The topological polar surface area (TPSA) is 334 Å². The van der Waals surface area contributed by atoms with Crippen molar-refractivity contribution in [2.75, 3.05) is 19.0 Å². The van der Waals surface area contributed by atoms with Crippen LogP contribution in [0.1, 0.15) is 12.8 Å². The van der Waals surface area contributed by atoms with Crippen LogP contribution in [0.3, 0.4) is 0 Å². The van der Waals surface area contributed by atoms with E-state index in [0.717, 1.165) is 66.0 Å². The maximum Gasteiger partial charge on any atom is 0.447 e. The molecule has 0 aliphatic rings. The molecule has 40 heteroatoms. The zero-order chi connectivity index (χ0) is 91.2. The SMILES string of the molecule is O=C(Oc1ccc([S+](c2ccccc2)c2ccccc2)cc1)C(F)(C(F)(F)F)S(=O)(=O)[O-].O=C(Oc1ccc([S+](c2ccccc2)c2ccccc2)cc1)C(F)(F)S(=O)(=O)[O-].O=S(=O)([O-])C(F)(F)C(F)CCOc1ccc([S+](c2ccccc2)c2ccccc2)cc1.O=S(=O)([O-])C(F)(F)S(=O)(=O)CCCOc1ccc([S+](c2ccccc2)c2ccccc2)cc1. The first kappa shape index (κ1) is 98.2. The highest BCUT2D eigenvalue weighted by Gasteiger charge is 2.69. The predicted molar refractivity (Wildman–Crippen MR) is 440 cm³/mol. The molecular weight excluding hydrogens is 1840 g/mol. The summed E-state index contributed by atoms with van der Waals surface area (Å²) in [6, 6.07) is 102. The fraction of sp³-hybridized carbons (Fsp3) is 0.129. The Balaban J connectivity index is 0.000000189. The maximum atomic E-state index is 14.0. The van der Waals surface area contributed by atoms with E-state index in [1.165, 1.54) is 24.3 Å². The molecule has 658 valence electrons. The molecule has 2 atom stereocenters. The molecule has 0 fully saturated rings. The van der Waals surface area contributed by atoms with Gasteiger partial charge < -0.3 is 37.2 Å². The summed E-state index contributed by atoms with van der Waals surface area (Å²) in [7, 11) is -32.6. The second-order valence-electron chi connectivity index (χ2n) is 25.5. The van der Waals surface area contributed by atoms with Crippen molar-refractivity contribution in [1.82, 2.24) is 0 Å². The summed E-state index contributed by atoms with van der Waals surface area (Å²) in [6.07, 6.45) is -10.8. The Labute approximate surface area is 723 Å². The number of alkyl halides is 11. The fourth-order valence-corrected chi connectivity index (χ4v) is 22.6. The van der Waals surface area contributed by atoms with Crippen LogP contribution >= 0.6 is 0 Å². The van der Waals surface area contributed by atoms with E-state index in [2.05, 4.69) is 9.47 Å². The fourth-order valence-electron chi connectivity index (χ4n) is 10.8. The molecule has 0 aromatic heterocycles. The number of sulfone groups is 1. The van der Waals surface area contributed by atoms with Gasteiger partial charge in [-0.3, -0.25) is 0 Å². The van der Waals surface area contributed by atoms with Crippen LogP contribution in [0, 0.1) is 0 Å². The van der Waals surface area contributed by atoms with E-state index in [4.69, 9.17) is 9.47 Å². The second-order valence-corrected chi connectivity index (χ2v) is 41.8. The Morgan fingerprint density at radius 3 is 0.752 bits per heavy atom. The highest BCUT2D eigenvalue weighted by Crippen LogP contribution is 2.42. The van der Waals surface area contributed by atoms with E-state index in [9.17, 15) is 118 Å². The van der Waals surface area contributed by atoms with E-state index < -0.39 is 147 Å².